The highest BCUT2D eigenvalue weighted by atomic mass is 35.5. The molecule has 1 aliphatic rings. The van der Waals surface area contributed by atoms with E-state index in [0.717, 1.165) is 22.6 Å². The zero-order valence-corrected chi connectivity index (χ0v) is 14.2. The lowest BCUT2D eigenvalue weighted by Crippen LogP contribution is -2.19. The van der Waals surface area contributed by atoms with E-state index < -0.39 is 0 Å². The molecule has 0 spiro atoms. The van der Waals surface area contributed by atoms with E-state index in [9.17, 15) is 0 Å². The zero-order valence-electron chi connectivity index (χ0n) is 12.7. The fourth-order valence-corrected chi connectivity index (χ4v) is 3.87. The van der Waals surface area contributed by atoms with Gasteiger partial charge in [0.25, 0.3) is 0 Å². The van der Waals surface area contributed by atoms with Crippen LogP contribution in [-0.4, -0.2) is 17.6 Å². The van der Waals surface area contributed by atoms with Gasteiger partial charge in [0.1, 0.15) is 0 Å². The molecule has 21 heavy (non-hydrogen) atoms. The van der Waals surface area contributed by atoms with E-state index in [2.05, 4.69) is 19.1 Å². The average Bonchev–Trinajstić information content (AvgIpc) is 3.00. The number of halogens is 2. The van der Waals surface area contributed by atoms with E-state index in [1.54, 1.807) is 0 Å². The highest BCUT2D eigenvalue weighted by molar-refractivity contribution is 6.31. The van der Waals surface area contributed by atoms with Crippen LogP contribution < -0.4 is 0 Å². The maximum absolute atomic E-state index is 8.81. The number of alkyl halides is 1. The Labute approximate surface area is 137 Å². The smallest absolute Gasteiger partial charge is 0.0636 e. The monoisotopic (exact) mass is 325 g/mol. The van der Waals surface area contributed by atoms with Gasteiger partial charge in [-0.2, -0.15) is 5.26 Å². The highest BCUT2D eigenvalue weighted by Crippen LogP contribution is 2.64. The van der Waals surface area contributed by atoms with Crippen LogP contribution in [0.5, 0.6) is 0 Å². The van der Waals surface area contributed by atoms with Crippen LogP contribution in [-0.2, 0) is 4.74 Å². The van der Waals surface area contributed by atoms with Gasteiger partial charge in [-0.15, -0.1) is 11.6 Å². The number of ether oxygens (including phenoxy) is 1. The Morgan fingerprint density at radius 2 is 2.19 bits per heavy atom. The van der Waals surface area contributed by atoms with Crippen molar-refractivity contribution in [2.75, 3.05) is 6.61 Å². The molecule has 0 saturated heterocycles. The first-order valence-corrected chi connectivity index (χ1v) is 8.12. The van der Waals surface area contributed by atoms with Gasteiger partial charge in [-0.25, -0.2) is 0 Å². The summed E-state index contributed by atoms with van der Waals surface area (Å²) >= 11 is 12.9. The second-order valence-electron chi connectivity index (χ2n) is 5.85. The minimum atomic E-state index is -0.326. The van der Waals surface area contributed by atoms with E-state index in [1.807, 2.05) is 26.0 Å². The van der Waals surface area contributed by atoms with E-state index in [0.29, 0.717) is 13.0 Å². The molecule has 1 fully saturated rings. The molecule has 2 nitrogen and oxygen atoms in total. The molecule has 1 aliphatic carbocycles. The third-order valence-corrected chi connectivity index (χ3v) is 5.28. The summed E-state index contributed by atoms with van der Waals surface area (Å²) in [6.45, 7) is 6.66. The van der Waals surface area contributed by atoms with Crippen LogP contribution in [0.2, 0.25) is 5.02 Å². The lowest BCUT2D eigenvalue weighted by molar-refractivity contribution is 0.0387. The largest absolute Gasteiger partial charge is 0.378 e. The Hall–Kier alpha value is -0.750. The van der Waals surface area contributed by atoms with E-state index in [4.69, 9.17) is 33.2 Å². The minimum Gasteiger partial charge on any atom is -0.378 e. The minimum absolute atomic E-state index is 0.0298. The quantitative estimate of drug-likeness (QED) is 0.684. The summed E-state index contributed by atoms with van der Waals surface area (Å²) in [5.41, 5.74) is 2.23. The number of benzene rings is 1. The third kappa shape index (κ3) is 3.37. The average molecular weight is 326 g/mol. The second kappa shape index (κ2) is 6.57. The Morgan fingerprint density at radius 3 is 2.76 bits per heavy atom. The molecular weight excluding hydrogens is 305 g/mol. The molecule has 2 rings (SSSR count). The van der Waals surface area contributed by atoms with Crippen LogP contribution in [0, 0.1) is 24.2 Å². The molecule has 0 aliphatic heterocycles. The molecule has 0 N–H and O–H groups in total. The van der Waals surface area contributed by atoms with Crippen LogP contribution in [0.3, 0.4) is 0 Å². The number of nitrogens with zero attached hydrogens (tertiary/aromatic N) is 1. The molecule has 0 amide bonds. The van der Waals surface area contributed by atoms with Crippen molar-refractivity contribution in [1.82, 2.24) is 0 Å². The van der Waals surface area contributed by atoms with Crippen molar-refractivity contribution >= 4 is 23.2 Å². The normalized spacial score (nSPS) is 29.0. The number of hydrogen-bond donors (Lipinski definition) is 0. The molecule has 114 valence electrons. The fraction of sp³-hybridized carbons (Fsp3) is 0.588. The lowest BCUT2D eigenvalue weighted by atomic mass is 10.0. The van der Waals surface area contributed by atoms with Gasteiger partial charge in [0.2, 0.25) is 0 Å². The highest BCUT2D eigenvalue weighted by Gasteiger charge is 2.64. The molecule has 1 saturated carbocycles. The van der Waals surface area contributed by atoms with Crippen molar-refractivity contribution in [2.24, 2.45) is 5.92 Å². The van der Waals surface area contributed by atoms with Crippen molar-refractivity contribution in [3.05, 3.63) is 34.3 Å². The molecule has 0 bridgehead atoms. The predicted molar refractivity (Wildman–Crippen MR) is 86.9 cm³/mol. The summed E-state index contributed by atoms with van der Waals surface area (Å²) in [6, 6.07) is 8.33. The summed E-state index contributed by atoms with van der Waals surface area (Å²) < 4.78 is 5.84. The molecule has 0 heterocycles. The maximum Gasteiger partial charge on any atom is 0.0636 e. The SMILES string of the molecule is CCOC(CCC#N)C1C(c2ccc(C)c(Cl)c2)C1(C)Cl. The third-order valence-electron chi connectivity index (χ3n) is 4.39. The Kier molecular flexibility index (Phi) is 5.20. The number of hydrogen-bond acceptors (Lipinski definition) is 2. The first-order chi connectivity index (χ1) is 9.93. The van der Waals surface area contributed by atoms with Crippen LogP contribution >= 0.6 is 23.2 Å². The number of rotatable bonds is 6. The van der Waals surface area contributed by atoms with Crippen LogP contribution in [0.1, 0.15) is 43.7 Å². The fourth-order valence-electron chi connectivity index (χ4n) is 3.22. The summed E-state index contributed by atoms with van der Waals surface area (Å²) in [7, 11) is 0. The topological polar surface area (TPSA) is 33.0 Å². The zero-order chi connectivity index (χ0) is 15.6. The predicted octanol–water partition coefficient (Wildman–Crippen LogP) is 5.07. The molecule has 1 aromatic rings. The van der Waals surface area contributed by atoms with Gasteiger partial charge >= 0.3 is 0 Å². The van der Waals surface area contributed by atoms with Gasteiger partial charge in [-0.1, -0.05) is 23.7 Å². The Morgan fingerprint density at radius 1 is 1.48 bits per heavy atom. The van der Waals surface area contributed by atoms with E-state index in [-0.39, 0.29) is 22.8 Å². The van der Waals surface area contributed by atoms with Gasteiger partial charge in [0, 0.05) is 29.9 Å². The van der Waals surface area contributed by atoms with Crippen molar-refractivity contribution in [2.45, 2.75) is 50.5 Å². The summed E-state index contributed by atoms with van der Waals surface area (Å²) in [4.78, 5) is -0.326. The van der Waals surface area contributed by atoms with Gasteiger partial charge in [-0.3, -0.25) is 0 Å². The molecule has 4 atom stereocenters. The molecule has 4 heteroatoms. The van der Waals surface area contributed by atoms with Crippen LogP contribution in [0.4, 0.5) is 0 Å². The van der Waals surface area contributed by atoms with Crippen molar-refractivity contribution in [3.8, 4) is 6.07 Å². The first-order valence-electron chi connectivity index (χ1n) is 7.37. The van der Waals surface area contributed by atoms with Crippen LogP contribution in [0.15, 0.2) is 18.2 Å². The van der Waals surface area contributed by atoms with Gasteiger partial charge in [0.05, 0.1) is 17.0 Å². The summed E-state index contributed by atoms with van der Waals surface area (Å²) in [6.07, 6.45) is 1.25. The lowest BCUT2D eigenvalue weighted by Gasteiger charge is -2.16. The number of nitriles is 1. The van der Waals surface area contributed by atoms with Gasteiger partial charge in [-0.05, 0) is 44.4 Å². The maximum atomic E-state index is 8.81. The summed E-state index contributed by atoms with van der Waals surface area (Å²) in [5.74, 6) is 0.457. The Balaban J connectivity index is 2.20. The Bertz CT molecular complexity index is 550. The van der Waals surface area contributed by atoms with Crippen LogP contribution in [0.25, 0.3) is 0 Å². The molecule has 1 aromatic carbocycles. The molecular formula is C17H21Cl2NO. The second-order valence-corrected chi connectivity index (χ2v) is 7.08. The molecule has 0 aromatic heterocycles. The van der Waals surface area contributed by atoms with E-state index in [1.165, 1.54) is 0 Å². The van der Waals surface area contributed by atoms with Crippen molar-refractivity contribution in [3.63, 3.8) is 0 Å². The van der Waals surface area contributed by atoms with Gasteiger partial charge in [0.15, 0.2) is 0 Å². The molecule has 4 unspecified atom stereocenters. The molecule has 0 radical (unpaired) electrons. The van der Waals surface area contributed by atoms with Crippen molar-refractivity contribution < 1.29 is 4.74 Å². The number of aryl methyl sites for hydroxylation is 1. The van der Waals surface area contributed by atoms with Gasteiger partial charge < -0.3 is 4.74 Å². The van der Waals surface area contributed by atoms with Crippen molar-refractivity contribution in [1.29, 1.82) is 5.26 Å². The standard InChI is InChI=1S/C17H21Cl2NO/c1-4-21-14(6-5-9-20)16-15(17(16,3)19)12-8-7-11(2)13(18)10-12/h7-8,10,14-16H,4-6H2,1-3H3. The summed E-state index contributed by atoms with van der Waals surface area (Å²) in [5, 5.41) is 9.58. The first kappa shape index (κ1) is 16.6. The van der Waals surface area contributed by atoms with E-state index >= 15 is 0 Å².